The number of fused-ring (bicyclic) bond motifs is 2. The van der Waals surface area contributed by atoms with Crippen molar-refractivity contribution in [3.05, 3.63) is 30.0 Å². The Kier molecular flexibility index (Phi) is 2.98. The maximum absolute atomic E-state index is 12.8. The van der Waals surface area contributed by atoms with Crippen LogP contribution in [0.2, 0.25) is 0 Å². The maximum atomic E-state index is 12.8. The number of carboxylic acids is 1. The van der Waals surface area contributed by atoms with Gasteiger partial charge in [-0.15, -0.1) is 0 Å². The van der Waals surface area contributed by atoms with Gasteiger partial charge in [-0.2, -0.15) is 0 Å². The molecule has 2 aliphatic rings. The molecule has 1 aromatic heterocycles. The van der Waals surface area contributed by atoms with Gasteiger partial charge in [-0.05, 0) is 23.5 Å². The third-order valence-electron chi connectivity index (χ3n) is 5.67. The number of carboxylic acid groups (broad SMARTS) is 1. The van der Waals surface area contributed by atoms with E-state index in [1.807, 2.05) is 0 Å². The van der Waals surface area contributed by atoms with Gasteiger partial charge in [-0.3, -0.25) is 4.79 Å². The van der Waals surface area contributed by atoms with E-state index < -0.39 is 12.0 Å². The molecule has 2 heterocycles. The fourth-order valence-corrected chi connectivity index (χ4v) is 4.24. The molecule has 1 saturated carbocycles. The highest BCUT2D eigenvalue weighted by Gasteiger charge is 2.69. The third-order valence-corrected chi connectivity index (χ3v) is 5.67. The average Bonchev–Trinajstić information content (AvgIpc) is 2.97. The number of carbonyl (C=O) groups excluding carboxylic acids is 1. The predicted octanol–water partition coefficient (Wildman–Crippen LogP) is 2.62. The van der Waals surface area contributed by atoms with Crippen molar-refractivity contribution in [2.24, 2.45) is 17.3 Å². The van der Waals surface area contributed by atoms with E-state index in [1.54, 1.807) is 31.4 Å². The van der Waals surface area contributed by atoms with Crippen molar-refractivity contribution in [3.8, 4) is 5.75 Å². The van der Waals surface area contributed by atoms with Gasteiger partial charge >= 0.3 is 5.97 Å². The number of ether oxygens (including phenoxy) is 1. The van der Waals surface area contributed by atoms with Crippen LogP contribution in [0.1, 0.15) is 24.4 Å². The molecular formula is C18H19NO5. The summed E-state index contributed by atoms with van der Waals surface area (Å²) in [5, 5.41) is 10.3. The van der Waals surface area contributed by atoms with Gasteiger partial charge in [-0.1, -0.05) is 19.9 Å². The second-order valence-corrected chi connectivity index (χ2v) is 7.18. The summed E-state index contributed by atoms with van der Waals surface area (Å²) in [7, 11) is 1.56. The molecule has 2 aromatic rings. The van der Waals surface area contributed by atoms with Crippen molar-refractivity contribution in [1.29, 1.82) is 0 Å². The normalized spacial score (nSPS) is 27.1. The second-order valence-electron chi connectivity index (χ2n) is 7.18. The largest absolute Gasteiger partial charge is 0.496 e. The zero-order valence-corrected chi connectivity index (χ0v) is 13.8. The lowest BCUT2D eigenvalue weighted by atomic mass is 10.0. The summed E-state index contributed by atoms with van der Waals surface area (Å²) in [5.41, 5.74) is 0.533. The summed E-state index contributed by atoms with van der Waals surface area (Å²) >= 11 is 0. The molecule has 4 rings (SSSR count). The first-order valence-corrected chi connectivity index (χ1v) is 7.96. The zero-order valence-electron chi connectivity index (χ0n) is 13.8. The number of methoxy groups -OCH3 is 1. The number of benzene rings is 1. The Morgan fingerprint density at radius 3 is 2.79 bits per heavy atom. The Labute approximate surface area is 139 Å². The number of aliphatic carboxylic acids is 1. The fraction of sp³-hybridized carbons (Fsp3) is 0.444. The van der Waals surface area contributed by atoms with E-state index in [0.29, 0.717) is 23.3 Å². The number of furan rings is 1. The van der Waals surface area contributed by atoms with Gasteiger partial charge in [0.25, 0.3) is 5.91 Å². The number of amides is 1. The minimum atomic E-state index is -0.949. The van der Waals surface area contributed by atoms with Crippen molar-refractivity contribution in [2.75, 3.05) is 13.7 Å². The minimum absolute atomic E-state index is 0.0119. The van der Waals surface area contributed by atoms with E-state index in [0.717, 1.165) is 0 Å². The monoisotopic (exact) mass is 329 g/mol. The molecule has 1 N–H and O–H groups in total. The lowest BCUT2D eigenvalue weighted by molar-refractivity contribution is -0.142. The molecule has 0 bridgehead atoms. The lowest BCUT2D eigenvalue weighted by Gasteiger charge is -2.27. The fourth-order valence-electron chi connectivity index (χ4n) is 4.24. The molecule has 1 amide bonds. The van der Waals surface area contributed by atoms with Crippen molar-refractivity contribution in [1.82, 2.24) is 4.90 Å². The van der Waals surface area contributed by atoms with Crippen LogP contribution in [0, 0.1) is 17.3 Å². The topological polar surface area (TPSA) is 80.0 Å². The number of rotatable bonds is 3. The average molecular weight is 329 g/mol. The molecule has 6 nitrogen and oxygen atoms in total. The van der Waals surface area contributed by atoms with Crippen LogP contribution in [-0.2, 0) is 4.79 Å². The number of hydrogen-bond donors (Lipinski definition) is 1. The summed E-state index contributed by atoms with van der Waals surface area (Å²) in [4.78, 5) is 26.0. The number of carbonyl (C=O) groups is 2. The van der Waals surface area contributed by atoms with E-state index in [4.69, 9.17) is 9.15 Å². The highest BCUT2D eigenvalue weighted by Crippen LogP contribution is 2.65. The molecule has 1 aromatic carbocycles. The maximum Gasteiger partial charge on any atom is 0.326 e. The summed E-state index contributed by atoms with van der Waals surface area (Å²) in [5.74, 6) is -0.298. The first-order valence-electron chi connectivity index (χ1n) is 7.96. The Morgan fingerprint density at radius 2 is 2.12 bits per heavy atom. The van der Waals surface area contributed by atoms with Crippen LogP contribution in [0.5, 0.6) is 5.75 Å². The first-order chi connectivity index (χ1) is 11.4. The van der Waals surface area contributed by atoms with Gasteiger partial charge < -0.3 is 19.2 Å². The SMILES string of the molecule is COc1cccc2oc(C(=O)N3C[C@H]4[C@@H]([C@H]3C(=O)O)C4(C)C)cc12. The Bertz CT molecular complexity index is 852. The van der Waals surface area contributed by atoms with Gasteiger partial charge in [0, 0.05) is 18.5 Å². The molecule has 3 atom stereocenters. The van der Waals surface area contributed by atoms with Crippen molar-refractivity contribution >= 4 is 22.8 Å². The molecule has 6 heteroatoms. The highest BCUT2D eigenvalue weighted by atomic mass is 16.5. The van der Waals surface area contributed by atoms with E-state index in [-0.39, 0.29) is 28.9 Å². The van der Waals surface area contributed by atoms with Crippen LogP contribution in [0.3, 0.4) is 0 Å². The quantitative estimate of drug-likeness (QED) is 0.936. The standard InChI is InChI=1S/C18H19NO5/c1-18(2)10-8-19(15(14(10)18)17(21)22)16(20)13-7-9-11(23-3)5-4-6-12(9)24-13/h4-7,10,14-15H,8H2,1-3H3,(H,21,22)/t10-,14-,15-/m0/s1. The van der Waals surface area contributed by atoms with Crippen LogP contribution >= 0.6 is 0 Å². The van der Waals surface area contributed by atoms with Gasteiger partial charge in [0.05, 0.1) is 12.5 Å². The van der Waals surface area contributed by atoms with E-state index in [2.05, 4.69) is 13.8 Å². The van der Waals surface area contributed by atoms with Crippen molar-refractivity contribution in [2.45, 2.75) is 19.9 Å². The smallest absolute Gasteiger partial charge is 0.326 e. The molecular weight excluding hydrogens is 310 g/mol. The van der Waals surface area contributed by atoms with E-state index in [1.165, 1.54) is 4.90 Å². The third kappa shape index (κ3) is 1.89. The van der Waals surface area contributed by atoms with Gasteiger partial charge in [0.15, 0.2) is 5.76 Å². The van der Waals surface area contributed by atoms with Gasteiger partial charge in [-0.25, -0.2) is 4.79 Å². The molecule has 0 unspecified atom stereocenters. The number of nitrogens with zero attached hydrogens (tertiary/aromatic N) is 1. The molecule has 0 radical (unpaired) electrons. The Hall–Kier alpha value is -2.50. The summed E-state index contributed by atoms with van der Waals surface area (Å²) in [6.07, 6.45) is 0. The highest BCUT2D eigenvalue weighted by molar-refractivity contribution is 5.99. The summed E-state index contributed by atoms with van der Waals surface area (Å²) < 4.78 is 10.9. The Balaban J connectivity index is 1.68. The van der Waals surface area contributed by atoms with Crippen LogP contribution < -0.4 is 4.74 Å². The zero-order chi connectivity index (χ0) is 17.2. The van der Waals surface area contributed by atoms with Crippen LogP contribution in [-0.4, -0.2) is 41.6 Å². The van der Waals surface area contributed by atoms with Crippen LogP contribution in [0.15, 0.2) is 28.7 Å². The van der Waals surface area contributed by atoms with Gasteiger partial charge in [0.2, 0.25) is 0 Å². The summed E-state index contributed by atoms with van der Waals surface area (Å²) in [6.45, 7) is 4.58. The molecule has 24 heavy (non-hydrogen) atoms. The van der Waals surface area contributed by atoms with E-state index >= 15 is 0 Å². The lowest BCUT2D eigenvalue weighted by Crippen LogP contribution is -2.45. The molecule has 2 fully saturated rings. The van der Waals surface area contributed by atoms with Crippen molar-refractivity contribution < 1.29 is 23.8 Å². The van der Waals surface area contributed by atoms with Crippen LogP contribution in [0.4, 0.5) is 0 Å². The molecule has 1 aliphatic carbocycles. The van der Waals surface area contributed by atoms with Crippen LogP contribution in [0.25, 0.3) is 11.0 Å². The molecule has 1 saturated heterocycles. The first kappa shape index (κ1) is 15.1. The molecule has 0 spiro atoms. The second kappa shape index (κ2) is 4.75. The van der Waals surface area contributed by atoms with Gasteiger partial charge in [0.1, 0.15) is 17.4 Å². The predicted molar refractivity (Wildman–Crippen MR) is 86.0 cm³/mol. The van der Waals surface area contributed by atoms with Crippen molar-refractivity contribution in [3.63, 3.8) is 0 Å². The number of hydrogen-bond acceptors (Lipinski definition) is 4. The van der Waals surface area contributed by atoms with E-state index in [9.17, 15) is 14.7 Å². The summed E-state index contributed by atoms with van der Waals surface area (Å²) in [6, 6.07) is 6.18. The minimum Gasteiger partial charge on any atom is -0.496 e. The Morgan fingerprint density at radius 1 is 1.38 bits per heavy atom. The number of piperidine rings is 1. The molecule has 1 aliphatic heterocycles. The molecule has 126 valence electrons. The number of likely N-dealkylation sites (tertiary alicyclic amines) is 1.